The standard InChI is InChI=1S/C15H25NO2S/c1-4-18-14(17)15(11-16,9-12(2)3)7-5-13-6-8-19-10-13/h6,8,10,12H,4-5,7,9,11,16H2,1-3H3. The Morgan fingerprint density at radius 3 is 2.74 bits per heavy atom. The van der Waals surface area contributed by atoms with E-state index in [0.29, 0.717) is 19.1 Å². The highest BCUT2D eigenvalue weighted by molar-refractivity contribution is 7.07. The maximum atomic E-state index is 12.3. The highest BCUT2D eigenvalue weighted by Crippen LogP contribution is 2.33. The topological polar surface area (TPSA) is 52.3 Å². The van der Waals surface area contributed by atoms with Crippen molar-refractivity contribution in [3.63, 3.8) is 0 Å². The highest BCUT2D eigenvalue weighted by Gasteiger charge is 2.38. The highest BCUT2D eigenvalue weighted by atomic mass is 32.1. The van der Waals surface area contributed by atoms with E-state index in [9.17, 15) is 4.79 Å². The molecule has 0 aliphatic carbocycles. The Morgan fingerprint density at radius 1 is 1.53 bits per heavy atom. The van der Waals surface area contributed by atoms with Gasteiger partial charge in [-0.1, -0.05) is 13.8 Å². The molecule has 0 saturated carbocycles. The van der Waals surface area contributed by atoms with Gasteiger partial charge in [-0.3, -0.25) is 4.79 Å². The van der Waals surface area contributed by atoms with Crippen molar-refractivity contribution in [3.05, 3.63) is 22.4 Å². The first kappa shape index (κ1) is 16.2. The number of aryl methyl sites for hydroxylation is 1. The van der Waals surface area contributed by atoms with Crippen molar-refractivity contribution < 1.29 is 9.53 Å². The maximum Gasteiger partial charge on any atom is 0.313 e. The van der Waals surface area contributed by atoms with Gasteiger partial charge >= 0.3 is 5.97 Å². The van der Waals surface area contributed by atoms with Crippen LogP contribution in [0.5, 0.6) is 0 Å². The van der Waals surface area contributed by atoms with E-state index in [0.717, 1.165) is 19.3 Å². The van der Waals surface area contributed by atoms with Gasteiger partial charge in [0.25, 0.3) is 0 Å². The molecule has 0 amide bonds. The molecule has 1 heterocycles. The molecular weight excluding hydrogens is 258 g/mol. The summed E-state index contributed by atoms with van der Waals surface area (Å²) in [7, 11) is 0. The van der Waals surface area contributed by atoms with Gasteiger partial charge in [0.05, 0.1) is 12.0 Å². The van der Waals surface area contributed by atoms with E-state index < -0.39 is 5.41 Å². The monoisotopic (exact) mass is 283 g/mol. The number of hydrogen-bond acceptors (Lipinski definition) is 4. The van der Waals surface area contributed by atoms with Crippen molar-refractivity contribution in [1.82, 2.24) is 0 Å². The molecule has 0 radical (unpaired) electrons. The molecule has 0 aromatic carbocycles. The van der Waals surface area contributed by atoms with Crippen molar-refractivity contribution >= 4 is 17.3 Å². The molecule has 0 aliphatic heterocycles. The third-order valence-corrected chi connectivity index (χ3v) is 4.10. The third-order valence-electron chi connectivity index (χ3n) is 3.37. The summed E-state index contributed by atoms with van der Waals surface area (Å²) in [6, 6.07) is 2.10. The Bertz CT molecular complexity index is 376. The van der Waals surface area contributed by atoms with Crippen molar-refractivity contribution in [2.75, 3.05) is 13.2 Å². The number of thiophene rings is 1. The summed E-state index contributed by atoms with van der Waals surface area (Å²) in [6.45, 7) is 6.85. The number of nitrogens with two attached hydrogens (primary N) is 1. The van der Waals surface area contributed by atoms with Gasteiger partial charge in [0.1, 0.15) is 0 Å². The molecule has 1 aromatic rings. The van der Waals surface area contributed by atoms with E-state index >= 15 is 0 Å². The number of hydrogen-bond donors (Lipinski definition) is 1. The van der Waals surface area contributed by atoms with Gasteiger partial charge in [-0.05, 0) is 54.5 Å². The molecule has 0 bridgehead atoms. The van der Waals surface area contributed by atoms with Crippen molar-refractivity contribution in [2.24, 2.45) is 17.1 Å². The predicted molar refractivity (Wildman–Crippen MR) is 80.2 cm³/mol. The number of rotatable bonds is 8. The second-order valence-electron chi connectivity index (χ2n) is 5.43. The van der Waals surface area contributed by atoms with Gasteiger partial charge in [0.2, 0.25) is 0 Å². The van der Waals surface area contributed by atoms with E-state index in [-0.39, 0.29) is 5.97 Å². The third kappa shape index (κ3) is 4.62. The van der Waals surface area contributed by atoms with Gasteiger partial charge < -0.3 is 10.5 Å². The van der Waals surface area contributed by atoms with Gasteiger partial charge in [0.15, 0.2) is 0 Å². The molecule has 1 rings (SSSR count). The van der Waals surface area contributed by atoms with Crippen LogP contribution in [0.1, 0.15) is 39.2 Å². The number of carbonyl (C=O) groups excluding carboxylic acids is 1. The maximum absolute atomic E-state index is 12.3. The quantitative estimate of drug-likeness (QED) is 0.745. The zero-order valence-corrected chi connectivity index (χ0v) is 13.0. The molecule has 2 N–H and O–H groups in total. The number of esters is 1. The minimum absolute atomic E-state index is 0.138. The van der Waals surface area contributed by atoms with E-state index in [4.69, 9.17) is 10.5 Å². The normalized spacial score (nSPS) is 14.4. The Hall–Kier alpha value is -0.870. The predicted octanol–water partition coefficient (Wildman–Crippen LogP) is 3.24. The first-order valence-corrected chi connectivity index (χ1v) is 7.86. The first-order valence-electron chi connectivity index (χ1n) is 6.92. The average molecular weight is 283 g/mol. The van der Waals surface area contributed by atoms with Crippen molar-refractivity contribution in [3.8, 4) is 0 Å². The van der Waals surface area contributed by atoms with Crippen LogP contribution in [0.25, 0.3) is 0 Å². The fourth-order valence-electron chi connectivity index (χ4n) is 2.44. The Morgan fingerprint density at radius 2 is 2.26 bits per heavy atom. The lowest BCUT2D eigenvalue weighted by Crippen LogP contribution is -2.41. The van der Waals surface area contributed by atoms with Crippen LogP contribution in [0.4, 0.5) is 0 Å². The lowest BCUT2D eigenvalue weighted by Gasteiger charge is -2.31. The molecule has 0 aliphatic rings. The van der Waals surface area contributed by atoms with Crippen LogP contribution < -0.4 is 5.73 Å². The summed E-state index contributed by atoms with van der Waals surface area (Å²) >= 11 is 1.68. The fraction of sp³-hybridized carbons (Fsp3) is 0.667. The lowest BCUT2D eigenvalue weighted by molar-refractivity contribution is -0.156. The summed E-state index contributed by atoms with van der Waals surface area (Å²) in [5, 5.41) is 4.19. The van der Waals surface area contributed by atoms with Crippen molar-refractivity contribution in [2.45, 2.75) is 40.0 Å². The second kappa shape index (κ2) is 7.65. The summed E-state index contributed by atoms with van der Waals surface area (Å²) in [6.07, 6.45) is 2.43. The average Bonchev–Trinajstić information content (AvgIpc) is 2.87. The van der Waals surface area contributed by atoms with E-state index in [2.05, 4.69) is 30.7 Å². The zero-order chi connectivity index (χ0) is 14.3. The minimum atomic E-state index is -0.536. The summed E-state index contributed by atoms with van der Waals surface area (Å²) in [5.41, 5.74) is 6.67. The largest absolute Gasteiger partial charge is 0.466 e. The first-order chi connectivity index (χ1) is 9.04. The molecule has 0 fully saturated rings. The van der Waals surface area contributed by atoms with Crippen LogP contribution in [0, 0.1) is 11.3 Å². The SMILES string of the molecule is CCOC(=O)C(CN)(CCc1ccsc1)CC(C)C. The zero-order valence-electron chi connectivity index (χ0n) is 12.1. The molecule has 1 unspecified atom stereocenters. The molecule has 0 saturated heterocycles. The van der Waals surface area contributed by atoms with Gasteiger partial charge in [-0.2, -0.15) is 11.3 Å². The molecule has 4 heteroatoms. The second-order valence-corrected chi connectivity index (χ2v) is 6.21. The Kier molecular flexibility index (Phi) is 6.52. The fourth-order valence-corrected chi connectivity index (χ4v) is 3.14. The van der Waals surface area contributed by atoms with Crippen molar-refractivity contribution in [1.29, 1.82) is 0 Å². The van der Waals surface area contributed by atoms with Gasteiger partial charge in [-0.15, -0.1) is 0 Å². The molecule has 1 aromatic heterocycles. The summed E-state index contributed by atoms with van der Waals surface area (Å²) in [4.78, 5) is 12.3. The Labute approximate surface area is 120 Å². The summed E-state index contributed by atoms with van der Waals surface area (Å²) < 4.78 is 5.25. The van der Waals surface area contributed by atoms with Crippen LogP contribution in [-0.4, -0.2) is 19.1 Å². The van der Waals surface area contributed by atoms with Crippen LogP contribution in [-0.2, 0) is 16.0 Å². The van der Waals surface area contributed by atoms with Crippen LogP contribution >= 0.6 is 11.3 Å². The summed E-state index contributed by atoms with van der Waals surface area (Å²) in [5.74, 6) is 0.289. The van der Waals surface area contributed by atoms with Gasteiger partial charge in [0, 0.05) is 6.54 Å². The molecule has 108 valence electrons. The molecule has 0 spiro atoms. The van der Waals surface area contributed by atoms with E-state index in [1.165, 1.54) is 5.56 Å². The van der Waals surface area contributed by atoms with Crippen LogP contribution in [0.2, 0.25) is 0 Å². The lowest BCUT2D eigenvalue weighted by atomic mass is 9.76. The Balaban J connectivity index is 2.79. The van der Waals surface area contributed by atoms with Crippen LogP contribution in [0.15, 0.2) is 16.8 Å². The number of carbonyl (C=O) groups is 1. The molecular formula is C15H25NO2S. The number of ether oxygens (including phenoxy) is 1. The van der Waals surface area contributed by atoms with Gasteiger partial charge in [-0.25, -0.2) is 0 Å². The molecule has 3 nitrogen and oxygen atoms in total. The van der Waals surface area contributed by atoms with E-state index in [1.807, 2.05) is 6.92 Å². The minimum Gasteiger partial charge on any atom is -0.466 e. The van der Waals surface area contributed by atoms with Crippen LogP contribution in [0.3, 0.4) is 0 Å². The molecule has 1 atom stereocenters. The molecule has 19 heavy (non-hydrogen) atoms. The smallest absolute Gasteiger partial charge is 0.313 e. The van der Waals surface area contributed by atoms with E-state index in [1.54, 1.807) is 11.3 Å².